The number of hydrogen-bond donors (Lipinski definition) is 0. The van der Waals surface area contributed by atoms with Crippen molar-refractivity contribution in [2.45, 2.75) is 59.8 Å². The highest BCUT2D eigenvalue weighted by Crippen LogP contribution is 2.19. The summed E-state index contributed by atoms with van der Waals surface area (Å²) in [5, 5.41) is 0. The summed E-state index contributed by atoms with van der Waals surface area (Å²) >= 11 is 0. The molecule has 0 N–H and O–H groups in total. The molecule has 0 bridgehead atoms. The van der Waals surface area contributed by atoms with E-state index >= 15 is 0 Å². The van der Waals surface area contributed by atoms with E-state index in [9.17, 15) is 4.79 Å². The minimum Gasteiger partial charge on any atom is -0.494 e. The summed E-state index contributed by atoms with van der Waals surface area (Å²) in [6.45, 7) is 8.77. The first-order chi connectivity index (χ1) is 9.52. The summed E-state index contributed by atoms with van der Waals surface area (Å²) in [4.78, 5) is 11.5. The summed E-state index contributed by atoms with van der Waals surface area (Å²) in [6.07, 6.45) is 5.07. The molecule has 0 amide bonds. The first-order valence-electron chi connectivity index (χ1n) is 7.79. The molecule has 1 aromatic rings. The summed E-state index contributed by atoms with van der Waals surface area (Å²) in [5.74, 6) is 1.54. The molecule has 0 aromatic heterocycles. The maximum Gasteiger partial charge on any atom is 0.135 e. The molecule has 1 rings (SSSR count). The fourth-order valence-electron chi connectivity index (χ4n) is 2.31. The van der Waals surface area contributed by atoms with Crippen LogP contribution >= 0.6 is 0 Å². The van der Waals surface area contributed by atoms with Gasteiger partial charge in [0, 0.05) is 12.3 Å². The third-order valence-corrected chi connectivity index (χ3v) is 3.45. The van der Waals surface area contributed by atoms with Gasteiger partial charge in [0.25, 0.3) is 0 Å². The highest BCUT2D eigenvalue weighted by atomic mass is 16.5. The van der Waals surface area contributed by atoms with Crippen LogP contribution in [-0.2, 0) is 11.2 Å². The Morgan fingerprint density at radius 3 is 2.55 bits per heavy atom. The van der Waals surface area contributed by atoms with E-state index in [1.165, 1.54) is 11.1 Å². The molecule has 0 aliphatic heterocycles. The van der Waals surface area contributed by atoms with Crippen molar-refractivity contribution in [1.82, 2.24) is 0 Å². The van der Waals surface area contributed by atoms with E-state index in [1.54, 1.807) is 0 Å². The lowest BCUT2D eigenvalue weighted by atomic mass is 10.0. The van der Waals surface area contributed by atoms with Gasteiger partial charge in [-0.15, -0.1) is 0 Å². The van der Waals surface area contributed by atoms with Crippen LogP contribution in [0.15, 0.2) is 18.2 Å². The van der Waals surface area contributed by atoms with Crippen LogP contribution in [-0.4, -0.2) is 12.4 Å². The summed E-state index contributed by atoms with van der Waals surface area (Å²) in [7, 11) is 0. The van der Waals surface area contributed by atoms with Gasteiger partial charge < -0.3 is 4.74 Å². The topological polar surface area (TPSA) is 26.3 Å². The van der Waals surface area contributed by atoms with Gasteiger partial charge in [0.1, 0.15) is 11.5 Å². The predicted octanol–water partition coefficient (Wildman–Crippen LogP) is 4.72. The first kappa shape index (κ1) is 16.7. The Bertz CT molecular complexity index is 421. The van der Waals surface area contributed by atoms with E-state index in [0.717, 1.165) is 37.9 Å². The molecule has 0 heterocycles. The van der Waals surface area contributed by atoms with E-state index in [1.807, 2.05) is 20.8 Å². The standard InChI is InChI=1S/C18H28O2/c1-5-20-17-12-15(4)11-16(13-17)9-7-6-8-10-18(19)14(2)3/h11-14H,5-10H2,1-4H3. The van der Waals surface area contributed by atoms with Crippen molar-refractivity contribution in [3.05, 3.63) is 29.3 Å². The van der Waals surface area contributed by atoms with Gasteiger partial charge in [-0.3, -0.25) is 4.79 Å². The number of rotatable bonds is 9. The van der Waals surface area contributed by atoms with Gasteiger partial charge >= 0.3 is 0 Å². The van der Waals surface area contributed by atoms with Gasteiger partial charge in [0.05, 0.1) is 6.61 Å². The number of carbonyl (C=O) groups is 1. The van der Waals surface area contributed by atoms with Crippen molar-refractivity contribution in [3.63, 3.8) is 0 Å². The predicted molar refractivity (Wildman–Crippen MR) is 84.4 cm³/mol. The van der Waals surface area contributed by atoms with Crippen molar-refractivity contribution in [3.8, 4) is 5.75 Å². The second-order valence-electron chi connectivity index (χ2n) is 5.77. The van der Waals surface area contributed by atoms with Crippen molar-refractivity contribution in [2.75, 3.05) is 6.61 Å². The Kier molecular flexibility index (Phi) is 7.35. The van der Waals surface area contributed by atoms with E-state index < -0.39 is 0 Å². The zero-order chi connectivity index (χ0) is 15.0. The number of carbonyl (C=O) groups excluding carboxylic acids is 1. The number of hydrogen-bond acceptors (Lipinski definition) is 2. The highest BCUT2D eigenvalue weighted by Gasteiger charge is 2.06. The molecule has 0 radical (unpaired) electrons. The van der Waals surface area contributed by atoms with Crippen LogP contribution in [0.25, 0.3) is 0 Å². The van der Waals surface area contributed by atoms with Gasteiger partial charge in [-0.1, -0.05) is 26.3 Å². The fraction of sp³-hybridized carbons (Fsp3) is 0.611. The normalized spacial score (nSPS) is 10.8. The molecular formula is C18H28O2. The minimum atomic E-state index is 0.181. The van der Waals surface area contributed by atoms with Crippen LogP contribution in [0.3, 0.4) is 0 Å². The zero-order valence-electron chi connectivity index (χ0n) is 13.4. The monoisotopic (exact) mass is 276 g/mol. The summed E-state index contributed by atoms with van der Waals surface area (Å²) in [6, 6.07) is 6.44. The summed E-state index contributed by atoms with van der Waals surface area (Å²) < 4.78 is 5.57. The average molecular weight is 276 g/mol. The maximum absolute atomic E-state index is 11.5. The number of aryl methyl sites for hydroxylation is 2. The smallest absolute Gasteiger partial charge is 0.135 e. The molecule has 0 atom stereocenters. The number of unbranched alkanes of at least 4 members (excludes halogenated alkanes) is 2. The quantitative estimate of drug-likeness (QED) is 0.610. The Balaban J connectivity index is 2.33. The molecule has 0 saturated heterocycles. The maximum atomic E-state index is 11.5. The molecule has 0 aliphatic carbocycles. The lowest BCUT2D eigenvalue weighted by Crippen LogP contribution is -2.06. The Hall–Kier alpha value is -1.31. The Labute approximate surface area is 123 Å². The van der Waals surface area contributed by atoms with Gasteiger partial charge in [-0.2, -0.15) is 0 Å². The van der Waals surface area contributed by atoms with E-state index in [0.29, 0.717) is 12.4 Å². The minimum absolute atomic E-state index is 0.181. The Morgan fingerprint density at radius 1 is 1.15 bits per heavy atom. The molecule has 0 fully saturated rings. The molecule has 0 spiro atoms. The molecule has 2 heteroatoms. The molecule has 1 aromatic carbocycles. The van der Waals surface area contributed by atoms with Crippen molar-refractivity contribution in [2.24, 2.45) is 5.92 Å². The zero-order valence-corrected chi connectivity index (χ0v) is 13.4. The third kappa shape index (κ3) is 6.23. The molecular weight excluding hydrogens is 248 g/mol. The number of ether oxygens (including phenoxy) is 1. The van der Waals surface area contributed by atoms with E-state index in [-0.39, 0.29) is 5.92 Å². The van der Waals surface area contributed by atoms with Gasteiger partial charge in [0.2, 0.25) is 0 Å². The van der Waals surface area contributed by atoms with Crippen LogP contribution in [0.1, 0.15) is 57.6 Å². The SMILES string of the molecule is CCOc1cc(C)cc(CCCCCC(=O)C(C)C)c1. The molecule has 112 valence electrons. The molecule has 20 heavy (non-hydrogen) atoms. The molecule has 0 saturated carbocycles. The fourth-order valence-corrected chi connectivity index (χ4v) is 2.31. The first-order valence-corrected chi connectivity index (χ1v) is 7.79. The lowest BCUT2D eigenvalue weighted by molar-refractivity contribution is -0.122. The van der Waals surface area contributed by atoms with E-state index in [4.69, 9.17) is 4.74 Å². The van der Waals surface area contributed by atoms with Gasteiger partial charge in [-0.05, 0) is 56.4 Å². The third-order valence-electron chi connectivity index (χ3n) is 3.45. The lowest BCUT2D eigenvalue weighted by Gasteiger charge is -2.08. The number of ketones is 1. The van der Waals surface area contributed by atoms with Crippen LogP contribution in [0, 0.1) is 12.8 Å². The molecule has 2 nitrogen and oxygen atoms in total. The summed E-state index contributed by atoms with van der Waals surface area (Å²) in [5.41, 5.74) is 2.59. The Morgan fingerprint density at radius 2 is 1.90 bits per heavy atom. The molecule has 0 aliphatic rings. The number of benzene rings is 1. The van der Waals surface area contributed by atoms with Crippen LogP contribution < -0.4 is 4.74 Å². The largest absolute Gasteiger partial charge is 0.494 e. The van der Waals surface area contributed by atoms with Gasteiger partial charge in [-0.25, -0.2) is 0 Å². The van der Waals surface area contributed by atoms with Crippen molar-refractivity contribution < 1.29 is 9.53 Å². The second-order valence-corrected chi connectivity index (χ2v) is 5.77. The highest BCUT2D eigenvalue weighted by molar-refractivity contribution is 5.80. The van der Waals surface area contributed by atoms with Crippen LogP contribution in [0.4, 0.5) is 0 Å². The van der Waals surface area contributed by atoms with Crippen molar-refractivity contribution >= 4 is 5.78 Å². The van der Waals surface area contributed by atoms with Gasteiger partial charge in [0.15, 0.2) is 0 Å². The number of Topliss-reactive ketones (excluding diaryl/α,β-unsaturated/α-hetero) is 1. The second kappa shape index (κ2) is 8.78. The molecule has 0 unspecified atom stereocenters. The van der Waals surface area contributed by atoms with Crippen LogP contribution in [0.5, 0.6) is 5.75 Å². The van der Waals surface area contributed by atoms with E-state index in [2.05, 4.69) is 25.1 Å². The average Bonchev–Trinajstić information content (AvgIpc) is 2.37. The van der Waals surface area contributed by atoms with Crippen molar-refractivity contribution in [1.29, 1.82) is 0 Å². The van der Waals surface area contributed by atoms with Crippen LogP contribution in [0.2, 0.25) is 0 Å².